The molecule has 1 fully saturated rings. The lowest BCUT2D eigenvalue weighted by molar-refractivity contribution is -0.0561. The van der Waals surface area contributed by atoms with Crippen LogP contribution >= 0.6 is 0 Å². The maximum Gasteiger partial charge on any atom is 0.212 e. The lowest BCUT2D eigenvalue weighted by Gasteiger charge is -2.31. The smallest absolute Gasteiger partial charge is 0.212 e. The fourth-order valence-electron chi connectivity index (χ4n) is 3.00. The number of benzene rings is 1. The normalized spacial score (nSPS) is 25.1. The molecule has 6 heteroatoms. The van der Waals surface area contributed by atoms with Gasteiger partial charge in [0.25, 0.3) is 0 Å². The Kier molecular flexibility index (Phi) is 4.68. The zero-order valence-electron chi connectivity index (χ0n) is 13.1. The SMILES string of the molecule is C[C@@H]1CC(Cn2nnc(COc3ccccc3)n2)C[C@H](C)O1. The summed E-state index contributed by atoms with van der Waals surface area (Å²) in [6.45, 7) is 5.37. The van der Waals surface area contributed by atoms with Gasteiger partial charge in [-0.2, -0.15) is 4.80 Å². The van der Waals surface area contributed by atoms with Crippen LogP contribution in [0.5, 0.6) is 5.75 Å². The lowest BCUT2D eigenvalue weighted by Crippen LogP contribution is -2.31. The van der Waals surface area contributed by atoms with Crippen molar-refractivity contribution in [2.45, 2.75) is 52.0 Å². The molecule has 0 N–H and O–H groups in total. The van der Waals surface area contributed by atoms with Crippen LogP contribution in [0.25, 0.3) is 0 Å². The average Bonchev–Trinajstić information content (AvgIpc) is 2.93. The Morgan fingerprint density at radius 1 is 1.18 bits per heavy atom. The highest BCUT2D eigenvalue weighted by Crippen LogP contribution is 2.25. The molecule has 1 saturated heterocycles. The fourth-order valence-corrected chi connectivity index (χ4v) is 3.00. The predicted molar refractivity (Wildman–Crippen MR) is 81.3 cm³/mol. The molecule has 0 radical (unpaired) electrons. The van der Waals surface area contributed by atoms with E-state index in [1.54, 1.807) is 4.80 Å². The number of hydrogen-bond acceptors (Lipinski definition) is 5. The first-order valence-electron chi connectivity index (χ1n) is 7.79. The largest absolute Gasteiger partial charge is 0.485 e. The highest BCUT2D eigenvalue weighted by molar-refractivity contribution is 5.20. The minimum atomic E-state index is 0.304. The lowest BCUT2D eigenvalue weighted by atomic mass is 9.93. The first-order valence-corrected chi connectivity index (χ1v) is 7.79. The van der Waals surface area contributed by atoms with Crippen LogP contribution in [-0.4, -0.2) is 32.4 Å². The Morgan fingerprint density at radius 2 is 1.91 bits per heavy atom. The third kappa shape index (κ3) is 4.04. The quantitative estimate of drug-likeness (QED) is 0.849. The van der Waals surface area contributed by atoms with E-state index in [9.17, 15) is 0 Å². The standard InChI is InChI=1S/C16H22N4O2/c1-12-8-14(9-13(2)22-12)10-20-18-16(17-19-20)11-21-15-6-4-3-5-7-15/h3-7,12-14H,8-11H2,1-2H3/t12-,13+,14?. The van der Waals surface area contributed by atoms with Crippen molar-refractivity contribution < 1.29 is 9.47 Å². The number of hydrogen-bond donors (Lipinski definition) is 0. The summed E-state index contributed by atoms with van der Waals surface area (Å²) in [5, 5.41) is 12.6. The number of ether oxygens (including phenoxy) is 2. The van der Waals surface area contributed by atoms with Crippen LogP contribution < -0.4 is 4.74 Å². The minimum absolute atomic E-state index is 0.304. The second kappa shape index (κ2) is 6.87. The molecule has 0 bridgehead atoms. The Hall–Kier alpha value is -1.95. The van der Waals surface area contributed by atoms with Gasteiger partial charge in [-0.15, -0.1) is 10.2 Å². The van der Waals surface area contributed by atoms with Gasteiger partial charge in [0.2, 0.25) is 5.82 Å². The van der Waals surface area contributed by atoms with Crippen molar-refractivity contribution in [1.29, 1.82) is 0 Å². The average molecular weight is 302 g/mol. The molecular formula is C16H22N4O2. The van der Waals surface area contributed by atoms with E-state index in [0.29, 0.717) is 30.6 Å². The summed E-state index contributed by atoms with van der Waals surface area (Å²) >= 11 is 0. The van der Waals surface area contributed by atoms with E-state index >= 15 is 0 Å². The third-order valence-corrected chi connectivity index (χ3v) is 3.82. The number of rotatable bonds is 5. The molecule has 118 valence electrons. The number of tetrazole rings is 1. The molecule has 1 aromatic carbocycles. The summed E-state index contributed by atoms with van der Waals surface area (Å²) in [5.74, 6) is 1.96. The maximum atomic E-state index is 5.76. The second-order valence-electron chi connectivity index (χ2n) is 5.96. The highest BCUT2D eigenvalue weighted by Gasteiger charge is 2.25. The molecule has 2 aromatic rings. The van der Waals surface area contributed by atoms with Crippen LogP contribution in [-0.2, 0) is 17.9 Å². The summed E-state index contributed by atoms with van der Waals surface area (Å²) in [4.78, 5) is 1.68. The molecular weight excluding hydrogens is 280 g/mol. The molecule has 0 saturated carbocycles. The maximum absolute atomic E-state index is 5.76. The van der Waals surface area contributed by atoms with Gasteiger partial charge in [0.15, 0.2) is 6.61 Å². The monoisotopic (exact) mass is 302 g/mol. The summed E-state index contributed by atoms with van der Waals surface area (Å²) < 4.78 is 11.4. The van der Waals surface area contributed by atoms with E-state index in [4.69, 9.17) is 9.47 Å². The van der Waals surface area contributed by atoms with Gasteiger partial charge < -0.3 is 9.47 Å². The number of nitrogens with zero attached hydrogens (tertiary/aromatic N) is 4. The highest BCUT2D eigenvalue weighted by atomic mass is 16.5. The van der Waals surface area contributed by atoms with E-state index in [1.165, 1.54) is 0 Å². The summed E-state index contributed by atoms with van der Waals surface area (Å²) in [7, 11) is 0. The van der Waals surface area contributed by atoms with Gasteiger partial charge in [-0.05, 0) is 50.0 Å². The molecule has 2 heterocycles. The van der Waals surface area contributed by atoms with Crippen molar-refractivity contribution in [3.05, 3.63) is 36.2 Å². The van der Waals surface area contributed by atoms with Crippen molar-refractivity contribution in [2.75, 3.05) is 0 Å². The molecule has 3 atom stereocenters. The molecule has 1 unspecified atom stereocenters. The molecule has 0 amide bonds. The predicted octanol–water partition coefficient (Wildman–Crippen LogP) is 2.46. The first kappa shape index (κ1) is 15.0. The Balaban J connectivity index is 1.52. The minimum Gasteiger partial charge on any atom is -0.485 e. The van der Waals surface area contributed by atoms with Crippen molar-refractivity contribution >= 4 is 0 Å². The number of aromatic nitrogens is 4. The van der Waals surface area contributed by atoms with Crippen molar-refractivity contribution in [3.63, 3.8) is 0 Å². The van der Waals surface area contributed by atoms with E-state index in [-0.39, 0.29) is 0 Å². The van der Waals surface area contributed by atoms with Gasteiger partial charge >= 0.3 is 0 Å². The van der Waals surface area contributed by atoms with Gasteiger partial charge in [0, 0.05) is 0 Å². The van der Waals surface area contributed by atoms with Crippen LogP contribution in [0.2, 0.25) is 0 Å². The third-order valence-electron chi connectivity index (χ3n) is 3.82. The van der Waals surface area contributed by atoms with Crippen LogP contribution in [0.1, 0.15) is 32.5 Å². The molecule has 1 aromatic heterocycles. The summed E-state index contributed by atoms with van der Waals surface area (Å²) in [6, 6.07) is 9.65. The summed E-state index contributed by atoms with van der Waals surface area (Å²) in [6.07, 6.45) is 2.69. The van der Waals surface area contributed by atoms with Gasteiger partial charge in [0.1, 0.15) is 5.75 Å². The van der Waals surface area contributed by atoms with Crippen LogP contribution in [0.3, 0.4) is 0 Å². The zero-order chi connectivity index (χ0) is 15.4. The summed E-state index contributed by atoms with van der Waals surface area (Å²) in [5.41, 5.74) is 0. The van der Waals surface area contributed by atoms with Gasteiger partial charge in [-0.1, -0.05) is 18.2 Å². The van der Waals surface area contributed by atoms with E-state index in [2.05, 4.69) is 29.3 Å². The zero-order valence-corrected chi connectivity index (χ0v) is 13.1. The molecule has 0 spiro atoms. The van der Waals surface area contributed by atoms with Crippen LogP contribution in [0.15, 0.2) is 30.3 Å². The Labute approximate surface area is 130 Å². The second-order valence-corrected chi connectivity index (χ2v) is 5.96. The van der Waals surface area contributed by atoms with Crippen LogP contribution in [0.4, 0.5) is 0 Å². The molecule has 0 aliphatic carbocycles. The fraction of sp³-hybridized carbons (Fsp3) is 0.562. The van der Waals surface area contributed by atoms with Gasteiger partial charge in [-0.3, -0.25) is 0 Å². The Bertz CT molecular complexity index is 577. The molecule has 3 rings (SSSR count). The van der Waals surface area contributed by atoms with Gasteiger partial charge in [-0.25, -0.2) is 0 Å². The van der Waals surface area contributed by atoms with Crippen molar-refractivity contribution in [3.8, 4) is 5.75 Å². The van der Waals surface area contributed by atoms with E-state index in [0.717, 1.165) is 25.1 Å². The molecule has 22 heavy (non-hydrogen) atoms. The topological polar surface area (TPSA) is 62.1 Å². The van der Waals surface area contributed by atoms with E-state index < -0.39 is 0 Å². The molecule has 1 aliphatic heterocycles. The van der Waals surface area contributed by atoms with E-state index in [1.807, 2.05) is 30.3 Å². The first-order chi connectivity index (χ1) is 10.7. The van der Waals surface area contributed by atoms with Crippen molar-refractivity contribution in [1.82, 2.24) is 20.2 Å². The van der Waals surface area contributed by atoms with Crippen LogP contribution in [0, 0.1) is 5.92 Å². The van der Waals surface area contributed by atoms with Crippen molar-refractivity contribution in [2.24, 2.45) is 5.92 Å². The Morgan fingerprint density at radius 3 is 2.64 bits per heavy atom. The molecule has 6 nitrogen and oxygen atoms in total. The molecule has 1 aliphatic rings. The van der Waals surface area contributed by atoms with Gasteiger partial charge in [0.05, 0.1) is 18.8 Å². The number of para-hydroxylation sites is 1.